The molecule has 2 aromatic rings. The highest BCUT2D eigenvalue weighted by Crippen LogP contribution is 2.11. The van der Waals surface area contributed by atoms with Crippen LogP contribution in [0.3, 0.4) is 0 Å². The van der Waals surface area contributed by atoms with Crippen LogP contribution in [0.25, 0.3) is 15.7 Å². The first kappa shape index (κ1) is 6.34. The van der Waals surface area contributed by atoms with Gasteiger partial charge in [-0.15, -0.1) is 0 Å². The maximum Gasteiger partial charge on any atom is 0.418 e. The highest BCUT2D eigenvalue weighted by atomic mass is 32.1. The number of fused-ring (bicyclic) bond motifs is 1. The molecule has 11 heavy (non-hydrogen) atoms. The van der Waals surface area contributed by atoms with E-state index in [0.717, 1.165) is 10.2 Å². The summed E-state index contributed by atoms with van der Waals surface area (Å²) < 4.78 is 1.10. The summed E-state index contributed by atoms with van der Waals surface area (Å²) in [4.78, 5) is 6.55. The number of hydrogen-bond acceptors (Lipinski definition) is 1. The van der Waals surface area contributed by atoms with Gasteiger partial charge < -0.3 is 5.53 Å². The molecule has 1 heterocycles. The van der Waals surface area contributed by atoms with E-state index in [1.165, 1.54) is 11.3 Å². The van der Waals surface area contributed by atoms with Gasteiger partial charge in [-0.2, -0.15) is 0 Å². The molecule has 4 heteroatoms. The fraction of sp³-hybridized carbons (Fsp3) is 0. The van der Waals surface area contributed by atoms with Crippen LogP contribution < -0.4 is 4.80 Å². The quantitative estimate of drug-likeness (QED) is 0.450. The van der Waals surface area contributed by atoms with Crippen molar-refractivity contribution in [3.8, 4) is 0 Å². The lowest BCUT2D eigenvalue weighted by atomic mass is 10.3. The van der Waals surface area contributed by atoms with Gasteiger partial charge in [-0.05, 0) is 23.5 Å². The summed E-state index contributed by atoms with van der Waals surface area (Å²) in [5, 5.41) is 0. The van der Waals surface area contributed by atoms with Crippen LogP contribution in [0, 0.1) is 0 Å². The van der Waals surface area contributed by atoms with Gasteiger partial charge in [0.05, 0.1) is 4.70 Å². The number of nitrogens with zero attached hydrogens (tertiary/aromatic N) is 2. The summed E-state index contributed by atoms with van der Waals surface area (Å²) >= 11 is 1.43. The summed E-state index contributed by atoms with van der Waals surface area (Å²) in [5.41, 5.74) is 9.45. The van der Waals surface area contributed by atoms with Crippen molar-refractivity contribution >= 4 is 21.6 Å². The SMILES string of the molecule is [N-]=[N+]=c1[nH]c2ccccc2s1. The van der Waals surface area contributed by atoms with Crippen LogP contribution in [0.2, 0.25) is 0 Å². The Morgan fingerprint density at radius 2 is 2.18 bits per heavy atom. The summed E-state index contributed by atoms with van der Waals surface area (Å²) in [6.07, 6.45) is 0. The molecule has 0 unspecified atom stereocenters. The summed E-state index contributed by atoms with van der Waals surface area (Å²) in [5.74, 6) is 0. The van der Waals surface area contributed by atoms with Gasteiger partial charge in [-0.25, -0.2) is 4.98 Å². The third-order valence-electron chi connectivity index (χ3n) is 1.43. The van der Waals surface area contributed by atoms with Crippen molar-refractivity contribution in [2.45, 2.75) is 0 Å². The zero-order valence-electron chi connectivity index (χ0n) is 5.61. The van der Waals surface area contributed by atoms with Crippen molar-refractivity contribution in [3.63, 3.8) is 0 Å². The Hall–Kier alpha value is -1.38. The number of para-hydroxylation sites is 1. The van der Waals surface area contributed by atoms with Gasteiger partial charge in [0.2, 0.25) is 0 Å². The number of rotatable bonds is 0. The molecular formula is C7H5N3S. The summed E-state index contributed by atoms with van der Waals surface area (Å²) in [6.45, 7) is 0. The van der Waals surface area contributed by atoms with E-state index in [-0.39, 0.29) is 0 Å². The first-order chi connectivity index (χ1) is 5.40. The zero-order chi connectivity index (χ0) is 7.68. The second-order valence-electron chi connectivity index (χ2n) is 2.13. The maximum atomic E-state index is 8.44. The van der Waals surface area contributed by atoms with Crippen LogP contribution >= 0.6 is 11.3 Å². The van der Waals surface area contributed by atoms with E-state index in [0.29, 0.717) is 4.80 Å². The Balaban J connectivity index is 3.00. The first-order valence-electron chi connectivity index (χ1n) is 3.16. The monoisotopic (exact) mass is 163 g/mol. The minimum Gasteiger partial charge on any atom is -0.496 e. The van der Waals surface area contributed by atoms with E-state index < -0.39 is 0 Å². The lowest BCUT2D eigenvalue weighted by Gasteiger charge is -1.77. The number of thiazole rings is 1. The Kier molecular flexibility index (Phi) is 1.35. The third kappa shape index (κ3) is 0.981. The molecule has 0 aliphatic rings. The highest BCUT2D eigenvalue weighted by molar-refractivity contribution is 7.16. The second-order valence-corrected chi connectivity index (χ2v) is 3.16. The first-order valence-corrected chi connectivity index (χ1v) is 3.98. The molecule has 0 saturated heterocycles. The molecule has 0 atom stereocenters. The van der Waals surface area contributed by atoms with Crippen LogP contribution in [0.4, 0.5) is 0 Å². The summed E-state index contributed by atoms with van der Waals surface area (Å²) in [7, 11) is 0. The van der Waals surface area contributed by atoms with Gasteiger partial charge in [-0.3, -0.25) is 4.79 Å². The van der Waals surface area contributed by atoms with Gasteiger partial charge >= 0.3 is 4.80 Å². The smallest absolute Gasteiger partial charge is 0.418 e. The minimum absolute atomic E-state index is 0.534. The maximum absolute atomic E-state index is 8.44. The van der Waals surface area contributed by atoms with Gasteiger partial charge in [0.1, 0.15) is 5.52 Å². The molecule has 0 saturated carbocycles. The van der Waals surface area contributed by atoms with Crippen LogP contribution in [-0.4, -0.2) is 9.77 Å². The van der Waals surface area contributed by atoms with Crippen molar-refractivity contribution in [1.82, 2.24) is 4.98 Å². The molecular weight excluding hydrogens is 158 g/mol. The topological polar surface area (TPSA) is 52.2 Å². The highest BCUT2D eigenvalue weighted by Gasteiger charge is 1.99. The molecule has 0 aliphatic carbocycles. The van der Waals surface area contributed by atoms with E-state index in [4.69, 9.17) is 5.53 Å². The Morgan fingerprint density at radius 3 is 2.91 bits per heavy atom. The normalized spacial score (nSPS) is 9.82. The Labute approximate surface area is 66.6 Å². The van der Waals surface area contributed by atoms with Crippen molar-refractivity contribution in [3.05, 3.63) is 34.6 Å². The molecule has 0 amide bonds. The van der Waals surface area contributed by atoms with E-state index in [2.05, 4.69) is 9.77 Å². The largest absolute Gasteiger partial charge is 0.496 e. The average molecular weight is 163 g/mol. The third-order valence-corrected chi connectivity index (χ3v) is 2.38. The molecule has 0 fully saturated rings. The van der Waals surface area contributed by atoms with E-state index >= 15 is 0 Å². The lowest BCUT2D eigenvalue weighted by molar-refractivity contribution is -0.0649. The summed E-state index contributed by atoms with van der Waals surface area (Å²) in [6, 6.07) is 7.81. The molecule has 0 radical (unpaired) electrons. The molecule has 2 rings (SSSR count). The second kappa shape index (κ2) is 2.34. The standard InChI is InChI=1S/C7H5N3S/c8-10-7-9-5-3-1-2-4-6(5)11-7/h1-4,9H. The van der Waals surface area contributed by atoms with Crippen molar-refractivity contribution in [2.24, 2.45) is 0 Å². The fourth-order valence-electron chi connectivity index (χ4n) is 0.949. The molecule has 0 aliphatic heterocycles. The van der Waals surface area contributed by atoms with Crippen molar-refractivity contribution in [2.75, 3.05) is 0 Å². The van der Waals surface area contributed by atoms with Gasteiger partial charge in [0.15, 0.2) is 0 Å². The zero-order valence-corrected chi connectivity index (χ0v) is 6.43. The number of hydrogen-bond donors (Lipinski definition) is 1. The molecule has 3 nitrogen and oxygen atoms in total. The number of aromatic nitrogens is 1. The molecule has 1 aromatic carbocycles. The van der Waals surface area contributed by atoms with E-state index in [1.54, 1.807) is 0 Å². The average Bonchev–Trinajstić information content (AvgIpc) is 2.46. The molecule has 1 N–H and O–H groups in total. The van der Waals surface area contributed by atoms with E-state index in [1.807, 2.05) is 24.3 Å². The lowest BCUT2D eigenvalue weighted by Crippen LogP contribution is -1.96. The molecule has 0 bridgehead atoms. The van der Waals surface area contributed by atoms with Gasteiger partial charge in [-0.1, -0.05) is 12.1 Å². The molecule has 0 spiro atoms. The Morgan fingerprint density at radius 1 is 1.36 bits per heavy atom. The number of aromatic amines is 1. The van der Waals surface area contributed by atoms with Crippen LogP contribution in [-0.2, 0) is 0 Å². The van der Waals surface area contributed by atoms with E-state index in [9.17, 15) is 0 Å². The predicted octanol–water partition coefficient (Wildman–Crippen LogP) is 1.36. The van der Waals surface area contributed by atoms with Crippen LogP contribution in [0.1, 0.15) is 0 Å². The number of benzene rings is 1. The van der Waals surface area contributed by atoms with Gasteiger partial charge in [0.25, 0.3) is 0 Å². The predicted molar refractivity (Wildman–Crippen MR) is 42.9 cm³/mol. The Bertz CT molecular complexity index is 425. The van der Waals surface area contributed by atoms with Gasteiger partial charge in [0, 0.05) is 0 Å². The van der Waals surface area contributed by atoms with Crippen LogP contribution in [0.15, 0.2) is 24.3 Å². The van der Waals surface area contributed by atoms with Crippen molar-refractivity contribution in [1.29, 1.82) is 0 Å². The minimum atomic E-state index is 0.534. The number of nitrogens with one attached hydrogen (secondary N) is 1. The van der Waals surface area contributed by atoms with Crippen molar-refractivity contribution < 1.29 is 4.79 Å². The number of H-pyrrole nitrogens is 1. The molecule has 54 valence electrons. The fourth-order valence-corrected chi connectivity index (χ4v) is 1.73. The van der Waals surface area contributed by atoms with Crippen LogP contribution in [0.5, 0.6) is 0 Å². The molecule has 1 aromatic heterocycles.